The number of hydrogen-bond donors (Lipinski definition) is 1. The highest BCUT2D eigenvalue weighted by Crippen LogP contribution is 2.50. The third-order valence-corrected chi connectivity index (χ3v) is 7.27. The number of hydrogen-bond acceptors (Lipinski definition) is 3. The van der Waals surface area contributed by atoms with Crippen LogP contribution in [0.25, 0.3) is 10.2 Å². The van der Waals surface area contributed by atoms with Crippen LogP contribution >= 0.6 is 11.3 Å². The fourth-order valence-corrected chi connectivity index (χ4v) is 6.03. The smallest absolute Gasteiger partial charge is 0.126 e. The predicted octanol–water partition coefficient (Wildman–Crippen LogP) is 5.64. The Balaban J connectivity index is 1.76. The van der Waals surface area contributed by atoms with Crippen molar-refractivity contribution >= 4 is 21.6 Å². The number of aliphatic hydroxyl groups is 1. The molecule has 0 spiro atoms. The second-order valence-electron chi connectivity index (χ2n) is 7.48. The maximum absolute atomic E-state index is 12.0. The van der Waals surface area contributed by atoms with Gasteiger partial charge in [-0.15, -0.1) is 11.3 Å². The zero-order chi connectivity index (χ0) is 15.7. The van der Waals surface area contributed by atoms with E-state index in [0.717, 1.165) is 10.5 Å². The first-order valence-electron chi connectivity index (χ1n) is 9.37. The number of para-hydroxylation sites is 1. The van der Waals surface area contributed by atoms with Gasteiger partial charge in [-0.1, -0.05) is 50.7 Å². The monoisotopic (exact) mass is 329 g/mol. The van der Waals surface area contributed by atoms with Gasteiger partial charge in [-0.05, 0) is 49.7 Å². The molecule has 4 rings (SSSR count). The molecule has 0 unspecified atom stereocenters. The zero-order valence-corrected chi connectivity index (χ0v) is 14.7. The Morgan fingerprint density at radius 1 is 0.870 bits per heavy atom. The van der Waals surface area contributed by atoms with Gasteiger partial charge in [0.15, 0.2) is 0 Å². The van der Waals surface area contributed by atoms with Gasteiger partial charge in [0.05, 0.1) is 10.2 Å². The van der Waals surface area contributed by atoms with Gasteiger partial charge in [0, 0.05) is 0 Å². The van der Waals surface area contributed by atoms with E-state index < -0.39 is 5.60 Å². The lowest BCUT2D eigenvalue weighted by Gasteiger charge is -2.44. The van der Waals surface area contributed by atoms with Crippen LogP contribution in [-0.4, -0.2) is 10.1 Å². The fraction of sp³-hybridized carbons (Fsp3) is 0.650. The number of benzene rings is 1. The van der Waals surface area contributed by atoms with E-state index in [2.05, 4.69) is 18.2 Å². The van der Waals surface area contributed by atoms with Gasteiger partial charge in [0.25, 0.3) is 0 Å². The summed E-state index contributed by atoms with van der Waals surface area (Å²) in [5.41, 5.74) is 0.363. The van der Waals surface area contributed by atoms with Crippen molar-refractivity contribution in [3.8, 4) is 0 Å². The summed E-state index contributed by atoms with van der Waals surface area (Å²) >= 11 is 1.73. The first-order valence-corrected chi connectivity index (χ1v) is 10.2. The zero-order valence-electron chi connectivity index (χ0n) is 13.8. The average Bonchev–Trinajstić information content (AvgIpc) is 3.07. The minimum atomic E-state index is -0.690. The Morgan fingerprint density at radius 3 is 2.00 bits per heavy atom. The molecule has 2 aliphatic carbocycles. The summed E-state index contributed by atoms with van der Waals surface area (Å²) in [4.78, 5) is 4.90. The van der Waals surface area contributed by atoms with Crippen molar-refractivity contribution in [2.24, 2.45) is 11.8 Å². The van der Waals surface area contributed by atoms with Crippen molar-refractivity contribution in [1.29, 1.82) is 0 Å². The van der Waals surface area contributed by atoms with Crippen LogP contribution in [0.4, 0.5) is 0 Å². The summed E-state index contributed by atoms with van der Waals surface area (Å²) in [6, 6.07) is 8.34. The Kier molecular flexibility index (Phi) is 4.42. The Bertz CT molecular complexity index is 601. The molecule has 0 radical (unpaired) electrons. The maximum atomic E-state index is 12.0. The molecular weight excluding hydrogens is 302 g/mol. The largest absolute Gasteiger partial charge is 0.382 e. The number of nitrogens with zero attached hydrogens (tertiary/aromatic N) is 1. The summed E-state index contributed by atoms with van der Waals surface area (Å²) < 4.78 is 1.22. The fourth-order valence-electron chi connectivity index (χ4n) is 4.81. The van der Waals surface area contributed by atoms with Gasteiger partial charge >= 0.3 is 0 Å². The summed E-state index contributed by atoms with van der Waals surface area (Å²) in [7, 11) is 0. The summed E-state index contributed by atoms with van der Waals surface area (Å²) in [6.07, 6.45) is 12.4. The van der Waals surface area contributed by atoms with Crippen molar-refractivity contribution in [3.05, 3.63) is 29.3 Å². The molecule has 0 bridgehead atoms. The molecule has 2 nitrogen and oxygen atoms in total. The van der Waals surface area contributed by atoms with Gasteiger partial charge in [-0.2, -0.15) is 0 Å². The van der Waals surface area contributed by atoms with Gasteiger partial charge in [0.2, 0.25) is 0 Å². The highest BCUT2D eigenvalue weighted by molar-refractivity contribution is 7.18. The molecule has 1 aromatic heterocycles. The number of aromatic nitrogens is 1. The Morgan fingerprint density at radius 2 is 1.43 bits per heavy atom. The van der Waals surface area contributed by atoms with Crippen molar-refractivity contribution in [3.63, 3.8) is 0 Å². The molecular formula is C20H27NOS. The standard InChI is InChI=1S/C20H27NOS/c22-20(15-9-3-1-4-10-15,16-11-5-2-6-12-16)19-21-17-13-7-8-14-18(17)23-19/h7-8,13-16,22H,1-6,9-12H2. The van der Waals surface area contributed by atoms with Crippen LogP contribution in [0.3, 0.4) is 0 Å². The van der Waals surface area contributed by atoms with E-state index in [9.17, 15) is 5.11 Å². The minimum absolute atomic E-state index is 0.403. The van der Waals surface area contributed by atoms with Crippen molar-refractivity contribution < 1.29 is 5.11 Å². The lowest BCUT2D eigenvalue weighted by molar-refractivity contribution is -0.0988. The van der Waals surface area contributed by atoms with E-state index in [-0.39, 0.29) is 0 Å². The van der Waals surface area contributed by atoms with Crippen LogP contribution in [-0.2, 0) is 5.60 Å². The molecule has 1 aromatic carbocycles. The third-order valence-electron chi connectivity index (χ3n) is 6.09. The molecule has 2 saturated carbocycles. The average molecular weight is 330 g/mol. The molecule has 0 amide bonds. The van der Waals surface area contributed by atoms with Gasteiger partial charge in [-0.25, -0.2) is 4.98 Å². The summed E-state index contributed by atoms with van der Waals surface area (Å²) in [5, 5.41) is 13.0. The quantitative estimate of drug-likeness (QED) is 0.790. The molecule has 124 valence electrons. The van der Waals surface area contributed by atoms with E-state index in [1.165, 1.54) is 68.9 Å². The first kappa shape index (κ1) is 15.6. The topological polar surface area (TPSA) is 33.1 Å². The number of rotatable bonds is 3. The van der Waals surface area contributed by atoms with Gasteiger partial charge in [-0.3, -0.25) is 0 Å². The van der Waals surface area contributed by atoms with Crippen molar-refractivity contribution in [2.45, 2.75) is 69.8 Å². The number of fused-ring (bicyclic) bond motifs is 1. The van der Waals surface area contributed by atoms with Crippen LogP contribution in [0.1, 0.15) is 69.2 Å². The first-order chi connectivity index (χ1) is 11.3. The predicted molar refractivity (Wildman–Crippen MR) is 96.7 cm³/mol. The van der Waals surface area contributed by atoms with Crippen LogP contribution < -0.4 is 0 Å². The van der Waals surface area contributed by atoms with E-state index in [0.29, 0.717) is 11.8 Å². The van der Waals surface area contributed by atoms with Crippen LogP contribution in [0.15, 0.2) is 24.3 Å². The summed E-state index contributed by atoms with van der Waals surface area (Å²) in [6.45, 7) is 0. The Hall–Kier alpha value is -0.930. The molecule has 1 N–H and O–H groups in total. The van der Waals surface area contributed by atoms with E-state index in [1.54, 1.807) is 11.3 Å². The lowest BCUT2D eigenvalue weighted by atomic mass is 9.66. The second kappa shape index (κ2) is 6.52. The van der Waals surface area contributed by atoms with E-state index in [1.807, 2.05) is 6.07 Å². The van der Waals surface area contributed by atoms with Crippen LogP contribution in [0.2, 0.25) is 0 Å². The normalized spacial score (nSPS) is 21.8. The molecule has 0 saturated heterocycles. The van der Waals surface area contributed by atoms with E-state index >= 15 is 0 Å². The molecule has 23 heavy (non-hydrogen) atoms. The van der Waals surface area contributed by atoms with Gasteiger partial charge < -0.3 is 5.11 Å². The molecule has 2 aliphatic rings. The van der Waals surface area contributed by atoms with Crippen molar-refractivity contribution in [2.75, 3.05) is 0 Å². The third kappa shape index (κ3) is 2.83. The van der Waals surface area contributed by atoms with Crippen molar-refractivity contribution in [1.82, 2.24) is 4.98 Å². The van der Waals surface area contributed by atoms with Crippen LogP contribution in [0, 0.1) is 11.8 Å². The molecule has 3 heteroatoms. The highest BCUT2D eigenvalue weighted by Gasteiger charge is 2.47. The minimum Gasteiger partial charge on any atom is -0.382 e. The number of thiazole rings is 1. The summed E-state index contributed by atoms with van der Waals surface area (Å²) in [5.74, 6) is 0.805. The maximum Gasteiger partial charge on any atom is 0.126 e. The molecule has 2 fully saturated rings. The van der Waals surface area contributed by atoms with Gasteiger partial charge in [0.1, 0.15) is 10.6 Å². The molecule has 0 aliphatic heterocycles. The SMILES string of the molecule is OC(c1nc2ccccc2s1)(C1CCCCC1)C1CCCCC1. The van der Waals surface area contributed by atoms with Crippen LogP contribution in [0.5, 0.6) is 0 Å². The van der Waals surface area contributed by atoms with E-state index in [4.69, 9.17) is 4.98 Å². The Labute approximate surface area is 142 Å². The molecule has 0 atom stereocenters. The molecule has 2 aromatic rings. The molecule has 1 heterocycles. The highest BCUT2D eigenvalue weighted by atomic mass is 32.1. The lowest BCUT2D eigenvalue weighted by Crippen LogP contribution is -2.44. The second-order valence-corrected chi connectivity index (χ2v) is 8.51.